The first-order valence-electron chi connectivity index (χ1n) is 6.15. The van der Waals surface area contributed by atoms with Crippen LogP contribution in [0, 0.1) is 5.92 Å². The van der Waals surface area contributed by atoms with Crippen LogP contribution in [0.4, 0.5) is 0 Å². The van der Waals surface area contributed by atoms with Crippen LogP contribution in [-0.2, 0) is 4.79 Å². The Bertz CT molecular complexity index is 261. The Balaban J connectivity index is 2.69. The van der Waals surface area contributed by atoms with Crippen LogP contribution in [-0.4, -0.2) is 5.78 Å². The van der Waals surface area contributed by atoms with Gasteiger partial charge in [0, 0.05) is 12.3 Å². The van der Waals surface area contributed by atoms with Crippen molar-refractivity contribution in [3.63, 3.8) is 0 Å². The molecule has 0 amide bonds. The third-order valence-electron chi connectivity index (χ3n) is 2.95. The Kier molecular flexibility index (Phi) is 5.38. The van der Waals surface area contributed by atoms with Crippen molar-refractivity contribution in [2.45, 2.75) is 52.4 Å². The molecule has 1 rings (SSSR count). The van der Waals surface area contributed by atoms with Crippen LogP contribution >= 0.6 is 0 Å². The van der Waals surface area contributed by atoms with E-state index in [9.17, 15) is 4.79 Å². The summed E-state index contributed by atoms with van der Waals surface area (Å²) in [4.78, 5) is 11.9. The first-order chi connectivity index (χ1) is 7.25. The summed E-state index contributed by atoms with van der Waals surface area (Å²) in [5, 5.41) is 0. The maximum Gasteiger partial charge on any atom is 0.159 e. The molecule has 0 spiro atoms. The van der Waals surface area contributed by atoms with Gasteiger partial charge in [-0.05, 0) is 31.3 Å². The van der Waals surface area contributed by atoms with E-state index in [1.165, 1.54) is 12.8 Å². The van der Waals surface area contributed by atoms with Gasteiger partial charge in [0.1, 0.15) is 0 Å². The zero-order valence-electron chi connectivity index (χ0n) is 9.96. The lowest BCUT2D eigenvalue weighted by Gasteiger charge is -2.14. The van der Waals surface area contributed by atoms with E-state index in [1.54, 1.807) is 0 Å². The Hall–Kier alpha value is -0.850. The molecule has 0 fully saturated rings. The highest BCUT2D eigenvalue weighted by atomic mass is 16.1. The molecule has 1 aliphatic carbocycles. The first kappa shape index (κ1) is 12.2. The van der Waals surface area contributed by atoms with Gasteiger partial charge in [-0.25, -0.2) is 0 Å². The summed E-state index contributed by atoms with van der Waals surface area (Å²) in [5.74, 6) is 0.665. The van der Waals surface area contributed by atoms with E-state index in [0.717, 1.165) is 31.3 Å². The number of hydrogen-bond acceptors (Lipinski definition) is 1. The Morgan fingerprint density at radius 1 is 1.40 bits per heavy atom. The molecule has 0 heterocycles. The van der Waals surface area contributed by atoms with Crippen LogP contribution in [0.3, 0.4) is 0 Å². The maximum atomic E-state index is 11.9. The highest BCUT2D eigenvalue weighted by molar-refractivity contribution is 5.96. The highest BCUT2D eigenvalue weighted by Crippen LogP contribution is 2.21. The van der Waals surface area contributed by atoms with Crippen molar-refractivity contribution in [1.82, 2.24) is 0 Å². The van der Waals surface area contributed by atoms with E-state index in [-0.39, 0.29) is 0 Å². The van der Waals surface area contributed by atoms with Crippen LogP contribution in [0.15, 0.2) is 23.8 Å². The lowest BCUT2D eigenvalue weighted by Crippen LogP contribution is -2.10. The van der Waals surface area contributed by atoms with Crippen molar-refractivity contribution in [3.8, 4) is 0 Å². The van der Waals surface area contributed by atoms with E-state index >= 15 is 0 Å². The fraction of sp³-hybridized carbons (Fsp3) is 0.643. The van der Waals surface area contributed by atoms with Crippen molar-refractivity contribution in [2.75, 3.05) is 0 Å². The minimum absolute atomic E-state index is 0.301. The second-order valence-electron chi connectivity index (χ2n) is 4.31. The summed E-state index contributed by atoms with van der Waals surface area (Å²) in [6.45, 7) is 4.25. The van der Waals surface area contributed by atoms with Crippen molar-refractivity contribution in [2.24, 2.45) is 5.92 Å². The molecule has 0 radical (unpaired) electrons. The predicted octanol–water partition coefficient (Wildman–Crippen LogP) is 4.05. The third-order valence-corrected chi connectivity index (χ3v) is 2.95. The van der Waals surface area contributed by atoms with E-state index in [2.05, 4.69) is 32.1 Å². The molecule has 1 atom stereocenters. The van der Waals surface area contributed by atoms with E-state index < -0.39 is 0 Å². The standard InChI is InChI=1S/C14H22O/c1-3-4-9-12(2)13-10-7-5-6-8-11-14(13)15/h4,9-10,12H,3,5-8,11H2,1-2H3/b9-4-,13-10-/t12-/m1/s1. The molecule has 0 aromatic heterocycles. The minimum Gasteiger partial charge on any atom is -0.295 e. The molecule has 84 valence electrons. The van der Waals surface area contributed by atoms with Crippen molar-refractivity contribution >= 4 is 5.78 Å². The van der Waals surface area contributed by atoms with Crippen molar-refractivity contribution in [3.05, 3.63) is 23.8 Å². The largest absolute Gasteiger partial charge is 0.295 e. The number of allylic oxidation sites excluding steroid dienone is 4. The molecule has 0 N–H and O–H groups in total. The van der Waals surface area contributed by atoms with Gasteiger partial charge in [-0.1, -0.05) is 38.5 Å². The number of hydrogen-bond donors (Lipinski definition) is 0. The van der Waals surface area contributed by atoms with Crippen molar-refractivity contribution in [1.29, 1.82) is 0 Å². The van der Waals surface area contributed by atoms with Gasteiger partial charge < -0.3 is 0 Å². The summed E-state index contributed by atoms with van der Waals surface area (Å²) >= 11 is 0. The topological polar surface area (TPSA) is 17.1 Å². The Morgan fingerprint density at radius 3 is 2.93 bits per heavy atom. The first-order valence-corrected chi connectivity index (χ1v) is 6.15. The number of ketones is 1. The molecule has 0 bridgehead atoms. The Morgan fingerprint density at radius 2 is 2.20 bits per heavy atom. The molecule has 0 saturated carbocycles. The summed E-state index contributed by atoms with van der Waals surface area (Å²) in [6, 6.07) is 0. The molecular formula is C14H22O. The van der Waals surface area contributed by atoms with Crippen LogP contribution in [0.5, 0.6) is 0 Å². The van der Waals surface area contributed by atoms with Crippen LogP contribution in [0.25, 0.3) is 0 Å². The summed E-state index contributed by atoms with van der Waals surface area (Å²) in [7, 11) is 0. The molecule has 0 saturated heterocycles. The quantitative estimate of drug-likeness (QED) is 0.637. The normalized spacial score (nSPS) is 24.4. The summed E-state index contributed by atoms with van der Waals surface area (Å²) in [6.07, 6.45) is 12.8. The van der Waals surface area contributed by atoms with Gasteiger partial charge in [-0.3, -0.25) is 4.79 Å². The molecule has 1 nitrogen and oxygen atoms in total. The van der Waals surface area contributed by atoms with Crippen LogP contribution in [0.2, 0.25) is 0 Å². The predicted molar refractivity (Wildman–Crippen MR) is 64.8 cm³/mol. The van der Waals surface area contributed by atoms with Crippen molar-refractivity contribution < 1.29 is 4.79 Å². The molecule has 0 unspecified atom stereocenters. The van der Waals surface area contributed by atoms with Gasteiger partial charge >= 0.3 is 0 Å². The SMILES string of the molecule is CC/C=C\[C@@H](C)/C1=C/CCCCCC1=O. The van der Waals surface area contributed by atoms with Crippen LogP contribution < -0.4 is 0 Å². The monoisotopic (exact) mass is 206 g/mol. The van der Waals surface area contributed by atoms with Gasteiger partial charge in [0.15, 0.2) is 5.78 Å². The fourth-order valence-corrected chi connectivity index (χ4v) is 2.01. The van der Waals surface area contributed by atoms with Gasteiger partial charge in [0.05, 0.1) is 0 Å². The third kappa shape index (κ3) is 4.03. The Labute approximate surface area is 93.3 Å². The number of Topliss-reactive ketones (excluding diaryl/α,β-unsaturated/α-hetero) is 1. The van der Waals surface area contributed by atoms with Crippen LogP contribution in [0.1, 0.15) is 52.4 Å². The van der Waals surface area contributed by atoms with E-state index in [4.69, 9.17) is 0 Å². The average Bonchev–Trinajstić information content (AvgIpc) is 2.20. The van der Waals surface area contributed by atoms with E-state index in [0.29, 0.717) is 11.7 Å². The smallest absolute Gasteiger partial charge is 0.159 e. The highest BCUT2D eigenvalue weighted by Gasteiger charge is 2.15. The second-order valence-corrected chi connectivity index (χ2v) is 4.31. The molecule has 0 aromatic carbocycles. The van der Waals surface area contributed by atoms with E-state index in [1.807, 2.05) is 0 Å². The lowest BCUT2D eigenvalue weighted by atomic mass is 9.90. The fourth-order valence-electron chi connectivity index (χ4n) is 2.01. The average molecular weight is 206 g/mol. The lowest BCUT2D eigenvalue weighted by molar-refractivity contribution is -0.116. The molecule has 1 aliphatic rings. The maximum absolute atomic E-state index is 11.9. The molecule has 15 heavy (non-hydrogen) atoms. The molecule has 0 aromatic rings. The zero-order valence-corrected chi connectivity index (χ0v) is 9.96. The van der Waals surface area contributed by atoms with Gasteiger partial charge in [-0.15, -0.1) is 0 Å². The number of rotatable bonds is 3. The summed E-state index contributed by atoms with van der Waals surface area (Å²) in [5.41, 5.74) is 1.04. The minimum atomic E-state index is 0.301. The zero-order chi connectivity index (χ0) is 11.1. The molecule has 1 heteroatoms. The summed E-state index contributed by atoms with van der Waals surface area (Å²) < 4.78 is 0. The molecule has 0 aliphatic heterocycles. The van der Waals surface area contributed by atoms with Gasteiger partial charge in [0.25, 0.3) is 0 Å². The number of carbonyl (C=O) groups excluding carboxylic acids is 1. The second kappa shape index (κ2) is 6.60. The number of carbonyl (C=O) groups is 1. The molecular weight excluding hydrogens is 184 g/mol. The van der Waals surface area contributed by atoms with Gasteiger partial charge in [0.2, 0.25) is 0 Å². The van der Waals surface area contributed by atoms with Gasteiger partial charge in [-0.2, -0.15) is 0 Å².